The highest BCUT2D eigenvalue weighted by molar-refractivity contribution is 7.90. The lowest BCUT2D eigenvalue weighted by Crippen LogP contribution is -2.33. The van der Waals surface area contributed by atoms with Crippen LogP contribution in [0.4, 0.5) is 5.69 Å². The summed E-state index contributed by atoms with van der Waals surface area (Å²) in [7, 11) is -3.18. The molecule has 0 saturated heterocycles. The number of hydrogen-bond acceptors (Lipinski definition) is 3. The molecule has 1 aromatic rings. The van der Waals surface area contributed by atoms with Crippen molar-refractivity contribution in [2.45, 2.75) is 31.2 Å². The Morgan fingerprint density at radius 2 is 2.06 bits per heavy atom. The average molecular weight is 253 g/mol. The van der Waals surface area contributed by atoms with Crippen molar-refractivity contribution in [2.75, 3.05) is 11.2 Å². The van der Waals surface area contributed by atoms with Crippen LogP contribution in [0.3, 0.4) is 0 Å². The van der Waals surface area contributed by atoms with Crippen LogP contribution in [-0.2, 0) is 21.1 Å². The minimum atomic E-state index is -3.18. The van der Waals surface area contributed by atoms with Crippen LogP contribution in [0, 0.1) is 0 Å². The van der Waals surface area contributed by atoms with E-state index in [2.05, 4.69) is 0 Å². The van der Waals surface area contributed by atoms with Gasteiger partial charge >= 0.3 is 0 Å². The highest BCUT2D eigenvalue weighted by Gasteiger charge is 2.29. The van der Waals surface area contributed by atoms with Gasteiger partial charge in [-0.1, -0.05) is 0 Å². The zero-order chi connectivity index (χ0) is 12.8. The summed E-state index contributed by atoms with van der Waals surface area (Å²) in [5.41, 5.74) is 1.76. The monoisotopic (exact) mass is 253 g/mol. The van der Waals surface area contributed by atoms with Crippen molar-refractivity contribution in [3.63, 3.8) is 0 Å². The van der Waals surface area contributed by atoms with Crippen LogP contribution in [0.15, 0.2) is 23.1 Å². The Bertz CT molecular complexity index is 577. The highest BCUT2D eigenvalue weighted by atomic mass is 32.2. The molecule has 0 N–H and O–H groups in total. The Morgan fingerprint density at radius 3 is 2.59 bits per heavy atom. The number of rotatable bonds is 1. The van der Waals surface area contributed by atoms with Crippen molar-refractivity contribution in [3.8, 4) is 0 Å². The van der Waals surface area contributed by atoms with E-state index < -0.39 is 9.84 Å². The summed E-state index contributed by atoms with van der Waals surface area (Å²) < 4.78 is 22.9. The predicted octanol–water partition coefficient (Wildman–Crippen LogP) is 1.39. The van der Waals surface area contributed by atoms with E-state index in [1.165, 1.54) is 13.2 Å². The fraction of sp³-hybridized carbons (Fsp3) is 0.417. The molecule has 0 saturated carbocycles. The van der Waals surface area contributed by atoms with Gasteiger partial charge in [-0.25, -0.2) is 8.42 Å². The van der Waals surface area contributed by atoms with Gasteiger partial charge in [0.25, 0.3) is 0 Å². The highest BCUT2D eigenvalue weighted by Crippen LogP contribution is 2.33. The zero-order valence-electron chi connectivity index (χ0n) is 10.1. The molecule has 0 aliphatic carbocycles. The Balaban J connectivity index is 2.52. The van der Waals surface area contributed by atoms with E-state index in [9.17, 15) is 13.2 Å². The number of amides is 1. The molecule has 0 bridgehead atoms. The first kappa shape index (κ1) is 12.1. The number of sulfone groups is 1. The van der Waals surface area contributed by atoms with Crippen LogP contribution in [0.5, 0.6) is 0 Å². The van der Waals surface area contributed by atoms with E-state index in [1.807, 2.05) is 6.92 Å². The lowest BCUT2D eigenvalue weighted by molar-refractivity contribution is -0.116. The van der Waals surface area contributed by atoms with Gasteiger partial charge in [0.1, 0.15) is 0 Å². The molecule has 2 rings (SSSR count). The van der Waals surface area contributed by atoms with Gasteiger partial charge in [0.15, 0.2) is 9.84 Å². The average Bonchev–Trinajstić information content (AvgIpc) is 2.50. The molecular formula is C12H15NO3S. The first-order chi connectivity index (χ1) is 7.80. The molecule has 1 atom stereocenters. The second kappa shape index (κ2) is 3.84. The molecule has 4 nitrogen and oxygen atoms in total. The largest absolute Gasteiger partial charge is 0.309 e. The van der Waals surface area contributed by atoms with E-state index in [4.69, 9.17) is 0 Å². The van der Waals surface area contributed by atoms with Crippen LogP contribution in [0.1, 0.15) is 19.4 Å². The summed E-state index contributed by atoms with van der Waals surface area (Å²) >= 11 is 0. The minimum Gasteiger partial charge on any atom is -0.309 e. The summed E-state index contributed by atoms with van der Waals surface area (Å²) in [5, 5.41) is 0. The standard InChI is InChI=1S/C12H15NO3S/c1-8-6-10-7-11(17(3,15)16)4-5-12(10)13(8)9(2)14/h4-5,7-8H,6H2,1-3H3. The molecule has 0 aromatic heterocycles. The van der Waals surface area contributed by atoms with Crippen molar-refractivity contribution in [1.82, 2.24) is 0 Å². The SMILES string of the molecule is CC(=O)N1c2ccc(S(C)(=O)=O)cc2CC1C. The first-order valence-electron chi connectivity index (χ1n) is 5.43. The van der Waals surface area contributed by atoms with Gasteiger partial charge in [-0.2, -0.15) is 0 Å². The molecule has 0 fully saturated rings. The van der Waals surface area contributed by atoms with Gasteiger partial charge in [0.2, 0.25) is 5.91 Å². The lowest BCUT2D eigenvalue weighted by Gasteiger charge is -2.20. The Hall–Kier alpha value is -1.36. The van der Waals surface area contributed by atoms with Crippen molar-refractivity contribution < 1.29 is 13.2 Å². The number of hydrogen-bond donors (Lipinski definition) is 0. The fourth-order valence-corrected chi connectivity index (χ4v) is 2.99. The van der Waals surface area contributed by atoms with Crippen LogP contribution in [0.25, 0.3) is 0 Å². The van der Waals surface area contributed by atoms with Gasteiger partial charge < -0.3 is 4.90 Å². The molecule has 17 heavy (non-hydrogen) atoms. The second-order valence-electron chi connectivity index (χ2n) is 4.50. The Kier molecular flexibility index (Phi) is 2.73. The third kappa shape index (κ3) is 2.07. The molecule has 1 aliphatic heterocycles. The molecule has 1 amide bonds. The van der Waals surface area contributed by atoms with Gasteiger partial charge in [-0.05, 0) is 37.1 Å². The normalized spacial score (nSPS) is 19.2. The summed E-state index contributed by atoms with van der Waals surface area (Å²) in [4.78, 5) is 13.5. The molecule has 5 heteroatoms. The molecule has 1 aromatic carbocycles. The van der Waals surface area contributed by atoms with E-state index in [1.54, 1.807) is 23.1 Å². The number of fused-ring (bicyclic) bond motifs is 1. The number of benzene rings is 1. The van der Waals surface area contributed by atoms with Crippen molar-refractivity contribution in [2.24, 2.45) is 0 Å². The zero-order valence-corrected chi connectivity index (χ0v) is 10.9. The molecule has 0 radical (unpaired) electrons. The van der Waals surface area contributed by atoms with E-state index in [0.29, 0.717) is 11.3 Å². The number of carbonyl (C=O) groups excluding carboxylic acids is 1. The smallest absolute Gasteiger partial charge is 0.224 e. The molecule has 1 unspecified atom stereocenters. The van der Waals surface area contributed by atoms with Crippen molar-refractivity contribution in [1.29, 1.82) is 0 Å². The van der Waals surface area contributed by atoms with Crippen molar-refractivity contribution >= 4 is 21.4 Å². The van der Waals surface area contributed by atoms with Crippen molar-refractivity contribution in [3.05, 3.63) is 23.8 Å². The van der Waals surface area contributed by atoms with E-state index in [-0.39, 0.29) is 11.9 Å². The van der Waals surface area contributed by atoms with Gasteiger partial charge in [-0.3, -0.25) is 4.79 Å². The molecule has 92 valence electrons. The lowest BCUT2D eigenvalue weighted by atomic mass is 10.1. The minimum absolute atomic E-state index is 0.0108. The molecule has 1 heterocycles. The predicted molar refractivity (Wildman–Crippen MR) is 65.9 cm³/mol. The van der Waals surface area contributed by atoms with E-state index >= 15 is 0 Å². The number of anilines is 1. The number of nitrogens with zero attached hydrogens (tertiary/aromatic N) is 1. The first-order valence-corrected chi connectivity index (χ1v) is 7.32. The summed E-state index contributed by atoms with van der Waals surface area (Å²) in [6.07, 6.45) is 1.90. The maximum atomic E-state index is 11.5. The van der Waals surface area contributed by atoms with Gasteiger partial charge in [-0.15, -0.1) is 0 Å². The summed E-state index contributed by atoms with van der Waals surface area (Å²) in [6, 6.07) is 5.04. The third-order valence-electron chi connectivity index (χ3n) is 3.03. The van der Waals surface area contributed by atoms with Crippen LogP contribution < -0.4 is 4.90 Å². The molecule has 0 spiro atoms. The maximum absolute atomic E-state index is 11.5. The van der Waals surface area contributed by atoms with Gasteiger partial charge in [0.05, 0.1) is 4.90 Å². The Labute approximate surface area is 101 Å². The second-order valence-corrected chi connectivity index (χ2v) is 6.52. The summed E-state index contributed by atoms with van der Waals surface area (Å²) in [6.45, 7) is 3.48. The molecular weight excluding hydrogens is 238 g/mol. The van der Waals surface area contributed by atoms with Crippen LogP contribution in [0.2, 0.25) is 0 Å². The number of carbonyl (C=O) groups is 1. The van der Waals surface area contributed by atoms with E-state index in [0.717, 1.165) is 11.3 Å². The fourth-order valence-electron chi connectivity index (χ4n) is 2.32. The molecule has 1 aliphatic rings. The Morgan fingerprint density at radius 1 is 1.41 bits per heavy atom. The van der Waals surface area contributed by atoms with Crippen LogP contribution in [-0.4, -0.2) is 26.6 Å². The quantitative estimate of drug-likeness (QED) is 0.760. The topological polar surface area (TPSA) is 54.5 Å². The third-order valence-corrected chi connectivity index (χ3v) is 4.14. The van der Waals surface area contributed by atoms with Crippen LogP contribution >= 0.6 is 0 Å². The summed E-state index contributed by atoms with van der Waals surface area (Å²) in [5.74, 6) is -0.0108. The van der Waals surface area contributed by atoms with Gasteiger partial charge in [0, 0.05) is 24.9 Å². The maximum Gasteiger partial charge on any atom is 0.224 e.